The standard InChI is InChI=1S/C21H25N5O3/c1-23-10-16(28)21(12-27)7-4-8-26(11-21)20-17-13-5-2-3-6-15(13)25-18(17)14(9-24-20)19(22)29/h2-3,5-6,9,12,16,23,25,28H,4,7-8,10-11H2,1H3,(H2,22,29). The zero-order valence-electron chi connectivity index (χ0n) is 16.3. The van der Waals surface area contributed by atoms with Gasteiger partial charge in [0.2, 0.25) is 0 Å². The Morgan fingerprint density at radius 1 is 1.48 bits per heavy atom. The van der Waals surface area contributed by atoms with E-state index < -0.39 is 17.4 Å². The first-order valence-electron chi connectivity index (χ1n) is 9.74. The Labute approximate surface area is 168 Å². The predicted octanol–water partition coefficient (Wildman–Crippen LogP) is 1.18. The number of H-pyrrole nitrogens is 1. The van der Waals surface area contributed by atoms with Crippen molar-refractivity contribution in [3.8, 4) is 0 Å². The van der Waals surface area contributed by atoms with Gasteiger partial charge in [0.25, 0.3) is 5.91 Å². The summed E-state index contributed by atoms with van der Waals surface area (Å²) in [6, 6.07) is 7.75. The van der Waals surface area contributed by atoms with Crippen LogP contribution in [-0.4, -0.2) is 60.1 Å². The molecule has 3 heterocycles. The van der Waals surface area contributed by atoms with E-state index in [0.717, 1.165) is 29.0 Å². The van der Waals surface area contributed by atoms with Crippen LogP contribution >= 0.6 is 0 Å². The minimum atomic E-state index is -0.871. The predicted molar refractivity (Wildman–Crippen MR) is 112 cm³/mol. The van der Waals surface area contributed by atoms with E-state index in [0.29, 0.717) is 43.0 Å². The van der Waals surface area contributed by atoms with Crippen LogP contribution in [0.5, 0.6) is 0 Å². The lowest BCUT2D eigenvalue weighted by atomic mass is 9.76. The summed E-state index contributed by atoms with van der Waals surface area (Å²) in [5.41, 5.74) is 6.55. The number of aliphatic hydroxyl groups excluding tert-OH is 1. The molecule has 0 saturated carbocycles. The zero-order chi connectivity index (χ0) is 20.6. The molecule has 152 valence electrons. The van der Waals surface area contributed by atoms with Crippen LogP contribution < -0.4 is 16.0 Å². The van der Waals surface area contributed by atoms with Crippen LogP contribution in [0.25, 0.3) is 21.8 Å². The van der Waals surface area contributed by atoms with Crippen molar-refractivity contribution < 1.29 is 14.7 Å². The van der Waals surface area contributed by atoms with Crippen molar-refractivity contribution in [3.05, 3.63) is 36.0 Å². The Morgan fingerprint density at radius 2 is 2.28 bits per heavy atom. The maximum atomic E-state index is 12.0. The molecule has 3 aromatic rings. The van der Waals surface area contributed by atoms with Gasteiger partial charge < -0.3 is 30.8 Å². The number of para-hydroxylation sites is 1. The Morgan fingerprint density at radius 3 is 3.00 bits per heavy atom. The van der Waals surface area contributed by atoms with Crippen LogP contribution in [0.2, 0.25) is 0 Å². The summed E-state index contributed by atoms with van der Waals surface area (Å²) < 4.78 is 0. The number of aliphatic hydroxyl groups is 1. The molecule has 8 nitrogen and oxygen atoms in total. The Hall–Kier alpha value is -2.97. The lowest BCUT2D eigenvalue weighted by Crippen LogP contribution is -2.53. The van der Waals surface area contributed by atoms with Crippen LogP contribution in [0.4, 0.5) is 5.82 Å². The van der Waals surface area contributed by atoms with Crippen molar-refractivity contribution in [1.29, 1.82) is 0 Å². The van der Waals surface area contributed by atoms with Crippen molar-refractivity contribution in [2.45, 2.75) is 18.9 Å². The van der Waals surface area contributed by atoms with Gasteiger partial charge in [-0.2, -0.15) is 0 Å². The molecule has 2 unspecified atom stereocenters. The van der Waals surface area contributed by atoms with Gasteiger partial charge in [0.05, 0.1) is 28.0 Å². The topological polar surface area (TPSA) is 124 Å². The molecular formula is C21H25N5O3. The van der Waals surface area contributed by atoms with Gasteiger partial charge in [-0.3, -0.25) is 4.79 Å². The molecule has 2 atom stereocenters. The molecule has 5 N–H and O–H groups in total. The number of piperidine rings is 1. The number of aromatic nitrogens is 2. The molecule has 1 aliphatic rings. The quantitative estimate of drug-likeness (QED) is 0.465. The molecule has 0 aliphatic carbocycles. The third-order valence-electron chi connectivity index (χ3n) is 5.93. The highest BCUT2D eigenvalue weighted by Crippen LogP contribution is 2.39. The van der Waals surface area contributed by atoms with Gasteiger partial charge in [0, 0.05) is 36.7 Å². The Balaban J connectivity index is 1.86. The number of nitrogens with zero attached hydrogens (tertiary/aromatic N) is 2. The monoisotopic (exact) mass is 395 g/mol. The maximum Gasteiger partial charge on any atom is 0.252 e. The van der Waals surface area contributed by atoms with Crippen LogP contribution in [0, 0.1) is 5.41 Å². The molecule has 0 spiro atoms. The normalized spacial score (nSPS) is 20.8. The number of nitrogens with one attached hydrogen (secondary N) is 2. The molecule has 1 aliphatic heterocycles. The number of nitrogens with two attached hydrogens (primary N) is 1. The van der Waals surface area contributed by atoms with Crippen molar-refractivity contribution in [2.24, 2.45) is 11.1 Å². The first-order valence-corrected chi connectivity index (χ1v) is 9.74. The number of carbonyl (C=O) groups excluding carboxylic acids is 2. The SMILES string of the molecule is CNCC(O)C1(C=O)CCCN(c2ncc(C(N)=O)c3[nH]c4ccccc4c23)C1. The highest BCUT2D eigenvalue weighted by Gasteiger charge is 2.42. The van der Waals surface area contributed by atoms with Crippen molar-refractivity contribution >= 4 is 39.8 Å². The number of amides is 1. The number of primary amides is 1. The number of benzene rings is 1. The highest BCUT2D eigenvalue weighted by molar-refractivity contribution is 6.18. The summed E-state index contributed by atoms with van der Waals surface area (Å²) in [5.74, 6) is 0.135. The second-order valence-electron chi connectivity index (χ2n) is 7.73. The summed E-state index contributed by atoms with van der Waals surface area (Å²) in [6.07, 6.45) is 2.94. The van der Waals surface area contributed by atoms with Crippen LogP contribution in [-0.2, 0) is 4.79 Å². The summed E-state index contributed by atoms with van der Waals surface area (Å²) in [5, 5.41) is 15.3. The van der Waals surface area contributed by atoms with Crippen molar-refractivity contribution in [3.63, 3.8) is 0 Å². The van der Waals surface area contributed by atoms with E-state index in [-0.39, 0.29) is 0 Å². The Kier molecular flexibility index (Phi) is 4.97. The molecule has 1 fully saturated rings. The third kappa shape index (κ3) is 3.14. The number of anilines is 1. The van der Waals surface area contributed by atoms with Gasteiger partial charge in [-0.25, -0.2) is 4.98 Å². The van der Waals surface area contributed by atoms with Gasteiger partial charge in [0.15, 0.2) is 0 Å². The summed E-state index contributed by atoms with van der Waals surface area (Å²) in [4.78, 5) is 33.9. The second-order valence-corrected chi connectivity index (χ2v) is 7.73. The smallest absolute Gasteiger partial charge is 0.252 e. The van der Waals surface area contributed by atoms with E-state index in [1.165, 1.54) is 6.20 Å². The lowest BCUT2D eigenvalue weighted by Gasteiger charge is -2.42. The number of hydrogen-bond donors (Lipinski definition) is 4. The van der Waals surface area contributed by atoms with Gasteiger partial charge in [-0.15, -0.1) is 0 Å². The molecule has 4 rings (SSSR count). The molecule has 29 heavy (non-hydrogen) atoms. The van der Waals surface area contributed by atoms with Gasteiger partial charge in [-0.1, -0.05) is 18.2 Å². The largest absolute Gasteiger partial charge is 0.391 e. The van der Waals surface area contributed by atoms with Crippen LogP contribution in [0.15, 0.2) is 30.5 Å². The summed E-state index contributed by atoms with van der Waals surface area (Å²) in [6.45, 7) is 1.40. The van der Waals surface area contributed by atoms with E-state index >= 15 is 0 Å². The number of pyridine rings is 1. The number of fused-ring (bicyclic) bond motifs is 3. The molecule has 1 saturated heterocycles. The summed E-state index contributed by atoms with van der Waals surface area (Å²) >= 11 is 0. The zero-order valence-corrected chi connectivity index (χ0v) is 16.3. The maximum absolute atomic E-state index is 12.0. The second kappa shape index (κ2) is 7.46. The van der Waals surface area contributed by atoms with Crippen LogP contribution in [0.3, 0.4) is 0 Å². The fourth-order valence-corrected chi connectivity index (χ4v) is 4.39. The number of aldehydes is 1. The van der Waals surface area contributed by atoms with E-state index in [1.54, 1.807) is 7.05 Å². The lowest BCUT2D eigenvalue weighted by molar-refractivity contribution is -0.123. The third-order valence-corrected chi connectivity index (χ3v) is 5.93. The molecular weight excluding hydrogens is 370 g/mol. The molecule has 1 aromatic carbocycles. The van der Waals surface area contributed by atoms with E-state index in [1.807, 2.05) is 29.2 Å². The Bertz CT molecular complexity index is 1080. The number of rotatable bonds is 6. The van der Waals surface area contributed by atoms with E-state index in [2.05, 4.69) is 15.3 Å². The minimum absolute atomic E-state index is 0.328. The fourth-order valence-electron chi connectivity index (χ4n) is 4.39. The van der Waals surface area contributed by atoms with Crippen LogP contribution in [0.1, 0.15) is 23.2 Å². The molecule has 1 amide bonds. The molecule has 2 aromatic heterocycles. The number of likely N-dealkylation sites (N-methyl/N-ethyl adjacent to an activating group) is 1. The van der Waals surface area contributed by atoms with Crippen molar-refractivity contribution in [1.82, 2.24) is 15.3 Å². The van der Waals surface area contributed by atoms with Gasteiger partial charge >= 0.3 is 0 Å². The first-order chi connectivity index (χ1) is 14.0. The highest BCUT2D eigenvalue weighted by atomic mass is 16.3. The average Bonchev–Trinajstić information content (AvgIpc) is 3.12. The van der Waals surface area contributed by atoms with Gasteiger partial charge in [-0.05, 0) is 26.0 Å². The first kappa shape index (κ1) is 19.4. The van der Waals surface area contributed by atoms with E-state index in [9.17, 15) is 14.7 Å². The van der Waals surface area contributed by atoms with E-state index in [4.69, 9.17) is 5.73 Å². The number of carbonyl (C=O) groups is 2. The molecule has 0 radical (unpaired) electrons. The fraction of sp³-hybridized carbons (Fsp3) is 0.381. The molecule has 8 heteroatoms. The molecule has 0 bridgehead atoms. The van der Waals surface area contributed by atoms with Gasteiger partial charge in [0.1, 0.15) is 12.1 Å². The number of aromatic amines is 1. The summed E-state index contributed by atoms with van der Waals surface area (Å²) in [7, 11) is 1.75. The average molecular weight is 395 g/mol. The number of hydrogen-bond acceptors (Lipinski definition) is 6. The van der Waals surface area contributed by atoms with Crippen molar-refractivity contribution in [2.75, 3.05) is 31.6 Å². The minimum Gasteiger partial charge on any atom is -0.391 e.